The van der Waals surface area contributed by atoms with Crippen molar-refractivity contribution in [2.75, 3.05) is 14.2 Å². The number of ether oxygens (including phenoxy) is 1. The SMILES string of the molecule is COc1ccc2c(c1)CC1(CC2)C(N)=NC(=O)N1C. The molecule has 1 aromatic carbocycles. The summed E-state index contributed by atoms with van der Waals surface area (Å²) in [5.74, 6) is 1.27. The van der Waals surface area contributed by atoms with Crippen molar-refractivity contribution in [2.24, 2.45) is 10.7 Å². The molecular formula is C14H17N3O2. The number of amidine groups is 1. The van der Waals surface area contributed by atoms with E-state index in [1.807, 2.05) is 12.1 Å². The Bertz CT molecular complexity index is 582. The molecule has 0 saturated heterocycles. The Labute approximate surface area is 112 Å². The third kappa shape index (κ3) is 1.61. The number of methoxy groups -OCH3 is 1. The normalized spacial score (nSPS) is 25.5. The molecule has 0 aromatic heterocycles. The maximum atomic E-state index is 11.7. The summed E-state index contributed by atoms with van der Waals surface area (Å²) < 4.78 is 5.26. The quantitative estimate of drug-likeness (QED) is 0.827. The van der Waals surface area contributed by atoms with Gasteiger partial charge in [-0.15, -0.1) is 0 Å². The fourth-order valence-electron chi connectivity index (χ4n) is 3.02. The summed E-state index contributed by atoms with van der Waals surface area (Å²) in [6.45, 7) is 0. The van der Waals surface area contributed by atoms with Gasteiger partial charge in [-0.05, 0) is 36.1 Å². The van der Waals surface area contributed by atoms with E-state index in [1.54, 1.807) is 19.1 Å². The van der Waals surface area contributed by atoms with Gasteiger partial charge in [-0.25, -0.2) is 4.79 Å². The van der Waals surface area contributed by atoms with E-state index < -0.39 is 5.54 Å². The van der Waals surface area contributed by atoms with Crippen LogP contribution in [0.1, 0.15) is 17.5 Å². The zero-order valence-corrected chi connectivity index (χ0v) is 11.1. The number of hydrogen-bond donors (Lipinski definition) is 1. The van der Waals surface area contributed by atoms with Crippen LogP contribution in [0.3, 0.4) is 0 Å². The van der Waals surface area contributed by atoms with Crippen LogP contribution in [0.15, 0.2) is 23.2 Å². The maximum absolute atomic E-state index is 11.7. The molecule has 3 rings (SSSR count). The molecule has 1 spiro atoms. The van der Waals surface area contributed by atoms with Crippen LogP contribution in [0.25, 0.3) is 0 Å². The molecular weight excluding hydrogens is 242 g/mol. The lowest BCUT2D eigenvalue weighted by molar-refractivity contribution is 0.181. The number of amides is 2. The number of fused-ring (bicyclic) bond motifs is 1. The largest absolute Gasteiger partial charge is 0.497 e. The molecule has 2 aliphatic rings. The summed E-state index contributed by atoms with van der Waals surface area (Å²) in [4.78, 5) is 17.3. The van der Waals surface area contributed by atoms with Gasteiger partial charge >= 0.3 is 6.03 Å². The molecule has 100 valence electrons. The van der Waals surface area contributed by atoms with Gasteiger partial charge in [0.15, 0.2) is 0 Å². The summed E-state index contributed by atoms with van der Waals surface area (Å²) in [6, 6.07) is 5.84. The van der Waals surface area contributed by atoms with Gasteiger partial charge < -0.3 is 15.4 Å². The van der Waals surface area contributed by atoms with Crippen LogP contribution in [0, 0.1) is 0 Å². The molecule has 19 heavy (non-hydrogen) atoms. The van der Waals surface area contributed by atoms with E-state index in [9.17, 15) is 4.79 Å². The minimum atomic E-state index is -0.448. The van der Waals surface area contributed by atoms with Crippen molar-refractivity contribution in [2.45, 2.75) is 24.8 Å². The van der Waals surface area contributed by atoms with Gasteiger partial charge in [0.25, 0.3) is 0 Å². The maximum Gasteiger partial charge on any atom is 0.345 e. The smallest absolute Gasteiger partial charge is 0.345 e. The second-order valence-electron chi connectivity index (χ2n) is 5.18. The molecule has 2 amide bonds. The Hall–Kier alpha value is -2.04. The molecule has 0 bridgehead atoms. The third-order valence-corrected chi connectivity index (χ3v) is 4.33. The highest BCUT2D eigenvalue weighted by Crippen LogP contribution is 2.37. The number of carbonyl (C=O) groups is 1. The second-order valence-corrected chi connectivity index (χ2v) is 5.18. The van der Waals surface area contributed by atoms with Crippen molar-refractivity contribution in [3.8, 4) is 5.75 Å². The average Bonchev–Trinajstić information content (AvgIpc) is 2.62. The minimum Gasteiger partial charge on any atom is -0.497 e. The van der Waals surface area contributed by atoms with Gasteiger partial charge in [-0.2, -0.15) is 4.99 Å². The Morgan fingerprint density at radius 1 is 1.42 bits per heavy atom. The highest BCUT2D eigenvalue weighted by atomic mass is 16.5. The molecule has 0 radical (unpaired) electrons. The summed E-state index contributed by atoms with van der Waals surface area (Å²) in [5, 5.41) is 0. The van der Waals surface area contributed by atoms with Crippen LogP contribution in [-0.2, 0) is 12.8 Å². The van der Waals surface area contributed by atoms with Crippen molar-refractivity contribution < 1.29 is 9.53 Å². The first kappa shape index (κ1) is 12.0. The Balaban J connectivity index is 2.02. The average molecular weight is 259 g/mol. The van der Waals surface area contributed by atoms with Gasteiger partial charge in [-0.3, -0.25) is 0 Å². The highest BCUT2D eigenvalue weighted by Gasteiger charge is 2.48. The number of nitrogens with two attached hydrogens (primary N) is 1. The van der Waals surface area contributed by atoms with E-state index in [4.69, 9.17) is 10.5 Å². The topological polar surface area (TPSA) is 67.9 Å². The molecule has 5 heteroatoms. The first-order chi connectivity index (χ1) is 9.06. The Morgan fingerprint density at radius 2 is 2.21 bits per heavy atom. The first-order valence-corrected chi connectivity index (χ1v) is 6.35. The Kier molecular flexibility index (Phi) is 2.52. The molecule has 5 nitrogen and oxygen atoms in total. The monoisotopic (exact) mass is 259 g/mol. The lowest BCUT2D eigenvalue weighted by atomic mass is 9.76. The van der Waals surface area contributed by atoms with Crippen molar-refractivity contribution in [1.29, 1.82) is 0 Å². The number of rotatable bonds is 1. The molecule has 1 atom stereocenters. The van der Waals surface area contributed by atoms with Crippen molar-refractivity contribution in [1.82, 2.24) is 4.90 Å². The van der Waals surface area contributed by atoms with Crippen molar-refractivity contribution in [3.63, 3.8) is 0 Å². The van der Waals surface area contributed by atoms with Crippen molar-refractivity contribution in [3.05, 3.63) is 29.3 Å². The summed E-state index contributed by atoms with van der Waals surface area (Å²) in [7, 11) is 3.43. The number of aliphatic imine (C=N–C) groups is 1. The van der Waals surface area contributed by atoms with E-state index in [2.05, 4.69) is 11.1 Å². The zero-order valence-electron chi connectivity index (χ0n) is 11.1. The molecule has 1 aromatic rings. The predicted octanol–water partition coefficient (Wildman–Crippen LogP) is 1.35. The molecule has 1 aliphatic heterocycles. The van der Waals surface area contributed by atoms with Gasteiger partial charge in [-0.1, -0.05) is 6.07 Å². The number of aryl methyl sites for hydroxylation is 1. The van der Waals surface area contributed by atoms with E-state index in [-0.39, 0.29) is 6.03 Å². The number of likely N-dealkylation sites (N-methyl/N-ethyl adjacent to an activating group) is 1. The highest BCUT2D eigenvalue weighted by molar-refractivity contribution is 6.06. The van der Waals surface area contributed by atoms with E-state index in [1.165, 1.54) is 11.1 Å². The van der Waals surface area contributed by atoms with Gasteiger partial charge in [0, 0.05) is 13.5 Å². The van der Waals surface area contributed by atoms with E-state index in [0.717, 1.165) is 18.6 Å². The minimum absolute atomic E-state index is 0.246. The van der Waals surface area contributed by atoms with Crippen LogP contribution in [-0.4, -0.2) is 36.5 Å². The number of nitrogens with zero attached hydrogens (tertiary/aromatic N) is 2. The fourth-order valence-corrected chi connectivity index (χ4v) is 3.02. The summed E-state index contributed by atoms with van der Waals surface area (Å²) >= 11 is 0. The van der Waals surface area contributed by atoms with Gasteiger partial charge in [0.2, 0.25) is 0 Å². The molecule has 0 saturated carbocycles. The van der Waals surface area contributed by atoms with E-state index >= 15 is 0 Å². The number of benzene rings is 1. The molecule has 2 N–H and O–H groups in total. The van der Waals surface area contributed by atoms with Crippen LogP contribution < -0.4 is 10.5 Å². The van der Waals surface area contributed by atoms with Crippen LogP contribution in [0.2, 0.25) is 0 Å². The van der Waals surface area contributed by atoms with Crippen LogP contribution in [0.5, 0.6) is 5.75 Å². The van der Waals surface area contributed by atoms with Crippen LogP contribution >= 0.6 is 0 Å². The lowest BCUT2D eigenvalue weighted by Gasteiger charge is -2.39. The summed E-state index contributed by atoms with van der Waals surface area (Å²) in [6.07, 6.45) is 2.42. The number of hydrogen-bond acceptors (Lipinski definition) is 3. The Morgan fingerprint density at radius 3 is 2.84 bits per heavy atom. The lowest BCUT2D eigenvalue weighted by Crippen LogP contribution is -2.55. The standard InChI is InChI=1S/C14H17N3O2/c1-17-13(18)16-12(15)14(17)6-5-9-3-4-11(19-2)7-10(9)8-14/h3-4,7H,5-6,8H2,1-2H3,(H2,15,16,18). The first-order valence-electron chi connectivity index (χ1n) is 6.35. The predicted molar refractivity (Wildman–Crippen MR) is 72.5 cm³/mol. The zero-order chi connectivity index (χ0) is 13.6. The number of carbonyl (C=O) groups excluding carboxylic acids is 1. The summed E-state index contributed by atoms with van der Waals surface area (Å²) in [5.41, 5.74) is 8.04. The fraction of sp³-hybridized carbons (Fsp3) is 0.429. The molecule has 0 fully saturated rings. The van der Waals surface area contributed by atoms with Crippen molar-refractivity contribution >= 4 is 11.9 Å². The van der Waals surface area contributed by atoms with E-state index in [0.29, 0.717) is 12.3 Å². The molecule has 1 heterocycles. The molecule has 1 unspecified atom stereocenters. The number of urea groups is 1. The second kappa shape index (κ2) is 3.98. The van der Waals surface area contributed by atoms with Crippen LogP contribution in [0.4, 0.5) is 4.79 Å². The van der Waals surface area contributed by atoms with Gasteiger partial charge in [0.1, 0.15) is 17.1 Å². The van der Waals surface area contributed by atoms with Gasteiger partial charge in [0.05, 0.1) is 7.11 Å². The third-order valence-electron chi connectivity index (χ3n) is 4.33. The molecule has 1 aliphatic carbocycles.